The van der Waals surface area contributed by atoms with Crippen LogP contribution in [-0.2, 0) is 6.54 Å². The number of anilines is 1. The molecule has 0 spiro atoms. The van der Waals surface area contributed by atoms with E-state index < -0.39 is 0 Å². The molecule has 0 atom stereocenters. The molecule has 0 radical (unpaired) electrons. The van der Waals surface area contributed by atoms with E-state index in [2.05, 4.69) is 10.3 Å². The predicted molar refractivity (Wildman–Crippen MR) is 72.7 cm³/mol. The Balaban J connectivity index is 1.68. The number of aromatic nitrogens is 1. The normalized spacial score (nSPS) is 10.6. The molecule has 3 aromatic rings. The average molecular weight is 254 g/mol. The van der Waals surface area contributed by atoms with Crippen LogP contribution in [0, 0.1) is 6.92 Å². The van der Waals surface area contributed by atoms with Gasteiger partial charge in [0.2, 0.25) is 0 Å². The highest BCUT2D eigenvalue weighted by atomic mass is 16.3. The lowest BCUT2D eigenvalue weighted by molar-refractivity contribution is 0.515. The molecule has 96 valence electrons. The summed E-state index contributed by atoms with van der Waals surface area (Å²) in [6.07, 6.45) is 4.84. The molecule has 4 heteroatoms. The molecule has 0 amide bonds. The summed E-state index contributed by atoms with van der Waals surface area (Å²) in [6.45, 7) is 2.72. The molecule has 0 saturated carbocycles. The lowest BCUT2D eigenvalue weighted by Gasteiger charge is -2.05. The molecule has 0 saturated heterocycles. The molecular formula is C15H14N2O2. The summed E-state index contributed by atoms with van der Waals surface area (Å²) < 4.78 is 10.6. The molecule has 0 fully saturated rings. The van der Waals surface area contributed by atoms with Gasteiger partial charge < -0.3 is 14.2 Å². The van der Waals surface area contributed by atoms with E-state index in [-0.39, 0.29) is 0 Å². The zero-order valence-electron chi connectivity index (χ0n) is 10.6. The minimum absolute atomic E-state index is 0.681. The SMILES string of the molecule is Cc1ccoc1CNc1ccc(-c2cnco2)cc1. The summed E-state index contributed by atoms with van der Waals surface area (Å²) >= 11 is 0. The third-order valence-electron chi connectivity index (χ3n) is 3.02. The highest BCUT2D eigenvalue weighted by Gasteiger charge is 2.03. The summed E-state index contributed by atoms with van der Waals surface area (Å²) in [5, 5.41) is 3.32. The Morgan fingerprint density at radius 2 is 1.95 bits per heavy atom. The largest absolute Gasteiger partial charge is 0.467 e. The van der Waals surface area contributed by atoms with Crippen molar-refractivity contribution < 1.29 is 8.83 Å². The number of benzene rings is 1. The fourth-order valence-electron chi connectivity index (χ4n) is 1.88. The molecule has 0 aliphatic heterocycles. The lowest BCUT2D eigenvalue weighted by atomic mass is 10.1. The number of rotatable bonds is 4. The summed E-state index contributed by atoms with van der Waals surface area (Å²) in [6, 6.07) is 9.98. The van der Waals surface area contributed by atoms with Crippen molar-refractivity contribution >= 4 is 5.69 Å². The fraction of sp³-hybridized carbons (Fsp3) is 0.133. The number of furan rings is 1. The maximum absolute atomic E-state index is 5.38. The second-order valence-electron chi connectivity index (χ2n) is 4.32. The quantitative estimate of drug-likeness (QED) is 0.768. The number of nitrogens with one attached hydrogen (secondary N) is 1. The van der Waals surface area contributed by atoms with Gasteiger partial charge in [-0.2, -0.15) is 0 Å². The zero-order valence-corrected chi connectivity index (χ0v) is 10.6. The molecule has 0 bridgehead atoms. The van der Waals surface area contributed by atoms with Crippen LogP contribution in [-0.4, -0.2) is 4.98 Å². The van der Waals surface area contributed by atoms with Crippen LogP contribution >= 0.6 is 0 Å². The van der Waals surface area contributed by atoms with Gasteiger partial charge in [-0.3, -0.25) is 0 Å². The van der Waals surface area contributed by atoms with E-state index in [0.29, 0.717) is 6.54 Å². The molecular weight excluding hydrogens is 240 g/mol. The smallest absolute Gasteiger partial charge is 0.181 e. The highest BCUT2D eigenvalue weighted by molar-refractivity contribution is 5.60. The summed E-state index contributed by atoms with van der Waals surface area (Å²) in [7, 11) is 0. The van der Waals surface area contributed by atoms with Crippen LogP contribution < -0.4 is 5.32 Å². The van der Waals surface area contributed by atoms with Gasteiger partial charge in [0.1, 0.15) is 5.76 Å². The summed E-state index contributed by atoms with van der Waals surface area (Å²) in [4.78, 5) is 3.91. The maximum atomic E-state index is 5.38. The van der Waals surface area contributed by atoms with E-state index in [1.165, 1.54) is 6.39 Å². The zero-order chi connectivity index (χ0) is 13.1. The van der Waals surface area contributed by atoms with E-state index in [0.717, 1.165) is 28.3 Å². The van der Waals surface area contributed by atoms with Crippen LogP contribution in [0.25, 0.3) is 11.3 Å². The Morgan fingerprint density at radius 1 is 1.11 bits per heavy atom. The Labute approximate surface area is 111 Å². The van der Waals surface area contributed by atoms with Crippen molar-refractivity contribution in [1.29, 1.82) is 0 Å². The van der Waals surface area contributed by atoms with Crippen LogP contribution in [0.4, 0.5) is 5.69 Å². The van der Waals surface area contributed by atoms with E-state index in [4.69, 9.17) is 8.83 Å². The van der Waals surface area contributed by atoms with Crippen LogP contribution in [0.1, 0.15) is 11.3 Å². The van der Waals surface area contributed by atoms with Gasteiger partial charge in [0.15, 0.2) is 12.2 Å². The maximum Gasteiger partial charge on any atom is 0.181 e. The Bertz CT molecular complexity index is 639. The van der Waals surface area contributed by atoms with Crippen molar-refractivity contribution in [3.8, 4) is 11.3 Å². The molecule has 0 unspecified atom stereocenters. The van der Waals surface area contributed by atoms with Crippen molar-refractivity contribution in [3.05, 3.63) is 60.5 Å². The number of nitrogens with zero attached hydrogens (tertiary/aromatic N) is 1. The first-order valence-corrected chi connectivity index (χ1v) is 6.09. The number of aryl methyl sites for hydroxylation is 1. The van der Waals surface area contributed by atoms with E-state index in [9.17, 15) is 0 Å². The van der Waals surface area contributed by atoms with Crippen molar-refractivity contribution in [2.24, 2.45) is 0 Å². The number of oxazole rings is 1. The summed E-state index contributed by atoms with van der Waals surface area (Å²) in [5.41, 5.74) is 3.21. The third kappa shape index (κ3) is 2.52. The van der Waals surface area contributed by atoms with Crippen molar-refractivity contribution in [1.82, 2.24) is 4.98 Å². The van der Waals surface area contributed by atoms with Gasteiger partial charge in [-0.1, -0.05) is 0 Å². The van der Waals surface area contributed by atoms with Gasteiger partial charge in [-0.05, 0) is 42.8 Å². The second kappa shape index (κ2) is 5.02. The predicted octanol–water partition coefficient (Wildman–Crippen LogP) is 3.86. The lowest BCUT2D eigenvalue weighted by Crippen LogP contribution is -1.99. The molecule has 1 aromatic carbocycles. The topological polar surface area (TPSA) is 51.2 Å². The molecule has 19 heavy (non-hydrogen) atoms. The first kappa shape index (κ1) is 11.6. The van der Waals surface area contributed by atoms with Gasteiger partial charge in [0.05, 0.1) is 19.0 Å². The van der Waals surface area contributed by atoms with Gasteiger partial charge in [-0.25, -0.2) is 4.98 Å². The first-order chi connectivity index (χ1) is 9.33. The van der Waals surface area contributed by atoms with E-state index >= 15 is 0 Å². The van der Waals surface area contributed by atoms with E-state index in [1.807, 2.05) is 37.3 Å². The minimum atomic E-state index is 0.681. The standard InChI is InChI=1S/C15H14N2O2/c1-11-6-7-18-14(11)9-17-13-4-2-12(3-5-13)15-8-16-10-19-15/h2-8,10,17H,9H2,1H3. The molecule has 1 N–H and O–H groups in total. The van der Waals surface area contributed by atoms with Gasteiger partial charge >= 0.3 is 0 Å². The van der Waals surface area contributed by atoms with Crippen molar-refractivity contribution in [3.63, 3.8) is 0 Å². The first-order valence-electron chi connectivity index (χ1n) is 6.09. The highest BCUT2D eigenvalue weighted by Crippen LogP contribution is 2.21. The van der Waals surface area contributed by atoms with Gasteiger partial charge in [-0.15, -0.1) is 0 Å². The molecule has 2 aromatic heterocycles. The monoisotopic (exact) mass is 254 g/mol. The molecule has 0 aliphatic carbocycles. The van der Waals surface area contributed by atoms with Crippen molar-refractivity contribution in [2.75, 3.05) is 5.32 Å². The Kier molecular flexibility index (Phi) is 3.06. The van der Waals surface area contributed by atoms with Crippen LogP contribution in [0.15, 0.2) is 58.0 Å². The second-order valence-corrected chi connectivity index (χ2v) is 4.32. The van der Waals surface area contributed by atoms with Crippen molar-refractivity contribution in [2.45, 2.75) is 13.5 Å². The summed E-state index contributed by atoms with van der Waals surface area (Å²) in [5.74, 6) is 1.73. The molecule has 0 aliphatic rings. The van der Waals surface area contributed by atoms with E-state index in [1.54, 1.807) is 12.5 Å². The molecule has 2 heterocycles. The van der Waals surface area contributed by atoms with Crippen LogP contribution in [0.3, 0.4) is 0 Å². The third-order valence-corrected chi connectivity index (χ3v) is 3.02. The van der Waals surface area contributed by atoms with Gasteiger partial charge in [0, 0.05) is 11.3 Å². The Hall–Kier alpha value is -2.49. The fourth-order valence-corrected chi connectivity index (χ4v) is 1.88. The van der Waals surface area contributed by atoms with Gasteiger partial charge in [0.25, 0.3) is 0 Å². The van der Waals surface area contributed by atoms with Crippen LogP contribution in [0.5, 0.6) is 0 Å². The molecule has 4 nitrogen and oxygen atoms in total. The van der Waals surface area contributed by atoms with Crippen LogP contribution in [0.2, 0.25) is 0 Å². The number of hydrogen-bond acceptors (Lipinski definition) is 4. The molecule has 3 rings (SSSR count). The minimum Gasteiger partial charge on any atom is -0.467 e. The average Bonchev–Trinajstić information content (AvgIpc) is 3.09. The Morgan fingerprint density at radius 3 is 2.58 bits per heavy atom. The number of hydrogen-bond donors (Lipinski definition) is 1.